The number of anilines is 2. The van der Waals surface area contributed by atoms with E-state index in [4.69, 9.17) is 21.1 Å². The fraction of sp³-hybridized carbons (Fsp3) is 0.296. The normalized spacial score (nSPS) is 14.7. The van der Waals surface area contributed by atoms with Crippen LogP contribution in [-0.4, -0.2) is 54.4 Å². The van der Waals surface area contributed by atoms with Crippen molar-refractivity contribution in [2.45, 2.75) is 35.5 Å². The third-order valence-electron chi connectivity index (χ3n) is 6.45. The smallest absolute Gasteiger partial charge is 0.263 e. The van der Waals surface area contributed by atoms with Gasteiger partial charge in [0.25, 0.3) is 15.9 Å². The summed E-state index contributed by atoms with van der Waals surface area (Å²) in [6.07, 6.45) is 3.48. The average molecular weight is 608 g/mol. The third-order valence-corrected chi connectivity index (χ3v) is 10.2. The molecule has 0 aliphatic carbocycles. The predicted molar refractivity (Wildman–Crippen MR) is 153 cm³/mol. The molecule has 40 heavy (non-hydrogen) atoms. The number of benzene rings is 3. The largest absolute Gasteiger partial charge is 0.496 e. The van der Waals surface area contributed by atoms with Crippen LogP contribution in [0.15, 0.2) is 70.5 Å². The number of rotatable bonds is 9. The summed E-state index contributed by atoms with van der Waals surface area (Å²) < 4.78 is 67.4. The molecule has 214 valence electrons. The molecule has 3 aromatic rings. The summed E-state index contributed by atoms with van der Waals surface area (Å²) >= 11 is 6.22. The number of amides is 1. The molecule has 1 aliphatic heterocycles. The molecule has 0 saturated carbocycles. The van der Waals surface area contributed by atoms with E-state index in [1.807, 2.05) is 0 Å². The molecule has 1 amide bonds. The number of ether oxygens (including phenoxy) is 2. The van der Waals surface area contributed by atoms with Crippen LogP contribution in [0.25, 0.3) is 0 Å². The Morgan fingerprint density at radius 3 is 2.20 bits per heavy atom. The van der Waals surface area contributed by atoms with Gasteiger partial charge in [-0.1, -0.05) is 36.6 Å². The highest BCUT2D eigenvalue weighted by atomic mass is 35.5. The second-order valence-electron chi connectivity index (χ2n) is 9.09. The average Bonchev–Trinajstić information content (AvgIpc) is 3.24. The van der Waals surface area contributed by atoms with Crippen LogP contribution in [0.1, 0.15) is 36.0 Å². The van der Waals surface area contributed by atoms with Gasteiger partial charge in [0.2, 0.25) is 10.0 Å². The Bertz CT molecular complexity index is 1600. The summed E-state index contributed by atoms with van der Waals surface area (Å²) in [5, 5.41) is 2.56. The number of hydrogen-bond acceptors (Lipinski definition) is 7. The van der Waals surface area contributed by atoms with Crippen molar-refractivity contribution in [3.63, 3.8) is 0 Å². The summed E-state index contributed by atoms with van der Waals surface area (Å²) in [4.78, 5) is 13.0. The van der Waals surface area contributed by atoms with Crippen LogP contribution in [-0.2, 0) is 20.0 Å². The molecular weight excluding hydrogens is 578 g/mol. The Kier molecular flexibility index (Phi) is 9.24. The molecule has 0 unspecified atom stereocenters. The van der Waals surface area contributed by atoms with Crippen molar-refractivity contribution >= 4 is 48.9 Å². The maximum absolute atomic E-state index is 13.3. The number of nitrogens with zero attached hydrogens (tertiary/aromatic N) is 1. The second-order valence-corrected chi connectivity index (χ2v) is 13.1. The molecule has 3 aromatic carbocycles. The maximum Gasteiger partial charge on any atom is 0.263 e. The molecule has 0 atom stereocenters. The van der Waals surface area contributed by atoms with E-state index in [1.165, 1.54) is 61.0 Å². The van der Waals surface area contributed by atoms with E-state index >= 15 is 0 Å². The molecule has 0 spiro atoms. The Morgan fingerprint density at radius 2 is 1.52 bits per heavy atom. The van der Waals surface area contributed by atoms with Gasteiger partial charge in [-0.3, -0.25) is 9.52 Å². The lowest BCUT2D eigenvalue weighted by molar-refractivity contribution is 0.102. The number of methoxy groups -OCH3 is 2. The zero-order chi connectivity index (χ0) is 28.9. The van der Waals surface area contributed by atoms with Crippen LogP contribution in [0.4, 0.5) is 11.4 Å². The van der Waals surface area contributed by atoms with E-state index in [0.717, 1.165) is 25.7 Å². The Morgan fingerprint density at radius 1 is 0.850 bits per heavy atom. The molecule has 0 aromatic heterocycles. The molecule has 1 saturated heterocycles. The van der Waals surface area contributed by atoms with Crippen molar-refractivity contribution in [2.75, 3.05) is 37.3 Å². The Labute approximate surface area is 239 Å². The van der Waals surface area contributed by atoms with Crippen LogP contribution in [0.3, 0.4) is 0 Å². The van der Waals surface area contributed by atoms with E-state index in [0.29, 0.717) is 18.8 Å². The van der Waals surface area contributed by atoms with Crippen molar-refractivity contribution in [1.29, 1.82) is 0 Å². The van der Waals surface area contributed by atoms with Gasteiger partial charge >= 0.3 is 0 Å². The lowest BCUT2D eigenvalue weighted by atomic mass is 10.2. The standard InChI is InChI=1S/C27H30ClN3O7S2/c1-37-24-14-12-20(40(35,36)31-15-7-3-4-8-16-31)18-21(24)27(32)29-19-11-13-22(28)26(17-19)39(33,34)30-23-9-5-6-10-25(23)38-2/h5-6,9-14,17-18,30H,3-4,7-8,15-16H2,1-2H3,(H,29,32). The van der Waals surface area contributed by atoms with E-state index in [-0.39, 0.29) is 37.5 Å². The molecule has 0 bridgehead atoms. The zero-order valence-corrected chi connectivity index (χ0v) is 24.4. The van der Waals surface area contributed by atoms with Gasteiger partial charge in [-0.25, -0.2) is 16.8 Å². The van der Waals surface area contributed by atoms with Crippen molar-refractivity contribution < 1.29 is 31.1 Å². The molecule has 1 fully saturated rings. The number of hydrogen-bond donors (Lipinski definition) is 2. The van der Waals surface area contributed by atoms with Crippen molar-refractivity contribution in [3.05, 3.63) is 71.2 Å². The van der Waals surface area contributed by atoms with E-state index in [2.05, 4.69) is 10.0 Å². The first-order valence-corrected chi connectivity index (χ1v) is 15.8. The number of carbonyl (C=O) groups is 1. The molecule has 0 radical (unpaired) electrons. The van der Waals surface area contributed by atoms with Crippen molar-refractivity contribution in [3.8, 4) is 11.5 Å². The van der Waals surface area contributed by atoms with Crippen LogP contribution in [0.2, 0.25) is 5.02 Å². The topological polar surface area (TPSA) is 131 Å². The molecule has 4 rings (SSSR count). The van der Waals surface area contributed by atoms with Gasteiger partial charge in [-0.15, -0.1) is 0 Å². The van der Waals surface area contributed by atoms with Crippen LogP contribution >= 0.6 is 11.6 Å². The van der Waals surface area contributed by atoms with E-state index in [9.17, 15) is 21.6 Å². The van der Waals surface area contributed by atoms with Crippen LogP contribution in [0.5, 0.6) is 11.5 Å². The fourth-order valence-corrected chi connectivity index (χ4v) is 7.51. The first kappa shape index (κ1) is 29.7. The number of halogens is 1. The predicted octanol–water partition coefficient (Wildman–Crippen LogP) is 4.98. The van der Waals surface area contributed by atoms with Gasteiger partial charge in [0, 0.05) is 18.8 Å². The van der Waals surface area contributed by atoms with Gasteiger partial charge < -0.3 is 14.8 Å². The molecule has 1 heterocycles. The molecule has 10 nitrogen and oxygen atoms in total. The highest BCUT2D eigenvalue weighted by Gasteiger charge is 2.27. The van der Waals surface area contributed by atoms with Gasteiger partial charge in [-0.2, -0.15) is 4.31 Å². The Hall–Kier alpha value is -3.32. The summed E-state index contributed by atoms with van der Waals surface area (Å²) in [5.74, 6) is -0.214. The summed E-state index contributed by atoms with van der Waals surface area (Å²) in [6.45, 7) is 0.835. The molecule has 2 N–H and O–H groups in total. The van der Waals surface area contributed by atoms with Gasteiger partial charge in [0.05, 0.1) is 35.4 Å². The minimum atomic E-state index is -4.18. The number of carbonyl (C=O) groups excluding carboxylic acids is 1. The van der Waals surface area contributed by atoms with Gasteiger partial charge in [-0.05, 0) is 61.4 Å². The Balaban J connectivity index is 1.62. The lowest BCUT2D eigenvalue weighted by Gasteiger charge is -2.20. The lowest BCUT2D eigenvalue weighted by Crippen LogP contribution is -2.32. The molecular formula is C27H30ClN3O7S2. The summed E-state index contributed by atoms with van der Waals surface area (Å²) in [5.41, 5.74) is 0.310. The highest BCUT2D eigenvalue weighted by molar-refractivity contribution is 7.92. The van der Waals surface area contributed by atoms with Crippen molar-refractivity contribution in [1.82, 2.24) is 4.31 Å². The van der Waals surface area contributed by atoms with Gasteiger partial charge in [0.15, 0.2) is 0 Å². The summed E-state index contributed by atoms with van der Waals surface area (Å²) in [7, 11) is -5.22. The highest BCUT2D eigenvalue weighted by Crippen LogP contribution is 2.31. The quantitative estimate of drug-likeness (QED) is 0.351. The molecule has 13 heteroatoms. The minimum Gasteiger partial charge on any atom is -0.496 e. The SMILES string of the molecule is COc1ccccc1NS(=O)(=O)c1cc(NC(=O)c2cc(S(=O)(=O)N3CCCCCC3)ccc2OC)ccc1Cl. The third kappa shape index (κ3) is 6.52. The van der Waals surface area contributed by atoms with Crippen molar-refractivity contribution in [2.24, 2.45) is 0 Å². The number of sulfonamides is 2. The number of para-hydroxylation sites is 2. The number of nitrogens with one attached hydrogen (secondary N) is 2. The van der Waals surface area contributed by atoms with E-state index in [1.54, 1.807) is 18.2 Å². The minimum absolute atomic E-state index is 0.0232. The zero-order valence-electron chi connectivity index (χ0n) is 22.0. The summed E-state index contributed by atoms with van der Waals surface area (Å²) in [6, 6.07) is 14.6. The first-order chi connectivity index (χ1) is 19.1. The maximum atomic E-state index is 13.3. The van der Waals surface area contributed by atoms with Crippen LogP contribution in [0, 0.1) is 0 Å². The molecule has 1 aliphatic rings. The monoisotopic (exact) mass is 607 g/mol. The fourth-order valence-electron chi connectivity index (χ4n) is 4.37. The van der Waals surface area contributed by atoms with E-state index < -0.39 is 26.0 Å². The van der Waals surface area contributed by atoms with Crippen LogP contribution < -0.4 is 19.5 Å². The second kappa shape index (κ2) is 12.5. The first-order valence-electron chi connectivity index (χ1n) is 12.5. The van der Waals surface area contributed by atoms with Gasteiger partial charge in [0.1, 0.15) is 16.4 Å².